The first kappa shape index (κ1) is 12.1. The number of carboxylic acids is 1. The number of aromatic nitrogens is 1. The highest BCUT2D eigenvalue weighted by Crippen LogP contribution is 2.23. The minimum absolute atomic E-state index is 0.0844. The maximum atomic E-state index is 10.9. The van der Waals surface area contributed by atoms with Gasteiger partial charge in [-0.15, -0.1) is 0 Å². The number of ether oxygens (including phenoxy) is 1. The van der Waals surface area contributed by atoms with E-state index >= 15 is 0 Å². The van der Waals surface area contributed by atoms with Crippen molar-refractivity contribution in [1.29, 1.82) is 0 Å². The number of rotatable bonds is 5. The van der Waals surface area contributed by atoms with Crippen molar-refractivity contribution in [2.24, 2.45) is 0 Å². The standard InChI is InChI=1S/C14H13NO3/c16-14(17)9-13(11-5-2-1-3-6-11)18-12-7-4-8-15-10-12/h1-8,10,13H,9H2,(H,16,17). The monoisotopic (exact) mass is 243 g/mol. The van der Waals surface area contributed by atoms with E-state index in [9.17, 15) is 4.79 Å². The van der Waals surface area contributed by atoms with Crippen LogP contribution in [-0.2, 0) is 4.79 Å². The van der Waals surface area contributed by atoms with E-state index in [4.69, 9.17) is 9.84 Å². The number of carbonyl (C=O) groups is 1. The van der Waals surface area contributed by atoms with Crippen molar-refractivity contribution in [3.8, 4) is 5.75 Å². The van der Waals surface area contributed by atoms with Gasteiger partial charge in [0.1, 0.15) is 11.9 Å². The maximum Gasteiger partial charge on any atom is 0.307 e. The van der Waals surface area contributed by atoms with Gasteiger partial charge >= 0.3 is 5.97 Å². The molecule has 2 aromatic rings. The van der Waals surface area contributed by atoms with Gasteiger partial charge in [0.2, 0.25) is 0 Å². The predicted octanol–water partition coefficient (Wildman–Crippen LogP) is 2.68. The average Bonchev–Trinajstić information content (AvgIpc) is 2.40. The molecule has 0 aliphatic carbocycles. The molecule has 0 radical (unpaired) electrons. The Morgan fingerprint density at radius 2 is 2.00 bits per heavy atom. The van der Waals surface area contributed by atoms with Gasteiger partial charge in [-0.05, 0) is 17.7 Å². The van der Waals surface area contributed by atoms with Gasteiger partial charge in [-0.2, -0.15) is 0 Å². The van der Waals surface area contributed by atoms with Gasteiger partial charge in [-0.3, -0.25) is 9.78 Å². The van der Waals surface area contributed by atoms with Gasteiger partial charge in [-0.25, -0.2) is 0 Å². The molecule has 2 rings (SSSR count). The number of carboxylic acid groups (broad SMARTS) is 1. The van der Waals surface area contributed by atoms with Crippen LogP contribution in [0.4, 0.5) is 0 Å². The van der Waals surface area contributed by atoms with Crippen LogP contribution < -0.4 is 4.74 Å². The maximum absolute atomic E-state index is 10.9. The zero-order chi connectivity index (χ0) is 12.8. The van der Waals surface area contributed by atoms with Gasteiger partial charge in [0.05, 0.1) is 12.6 Å². The molecule has 4 nitrogen and oxygen atoms in total. The van der Waals surface area contributed by atoms with Crippen molar-refractivity contribution in [2.75, 3.05) is 0 Å². The lowest BCUT2D eigenvalue weighted by Crippen LogP contribution is -2.12. The first-order chi connectivity index (χ1) is 8.75. The summed E-state index contributed by atoms with van der Waals surface area (Å²) in [5, 5.41) is 8.93. The Morgan fingerprint density at radius 1 is 1.22 bits per heavy atom. The van der Waals surface area contributed by atoms with Crippen molar-refractivity contribution in [1.82, 2.24) is 4.98 Å². The number of hydrogen-bond acceptors (Lipinski definition) is 3. The van der Waals surface area contributed by atoms with E-state index in [1.165, 1.54) is 0 Å². The van der Waals surface area contributed by atoms with Gasteiger partial charge in [0.15, 0.2) is 0 Å². The number of benzene rings is 1. The molecule has 92 valence electrons. The summed E-state index contributed by atoms with van der Waals surface area (Å²) >= 11 is 0. The fourth-order valence-corrected chi connectivity index (χ4v) is 1.63. The Kier molecular flexibility index (Phi) is 3.91. The predicted molar refractivity (Wildman–Crippen MR) is 66.3 cm³/mol. The topological polar surface area (TPSA) is 59.4 Å². The van der Waals surface area contributed by atoms with Crippen molar-refractivity contribution < 1.29 is 14.6 Å². The average molecular weight is 243 g/mol. The summed E-state index contributed by atoms with van der Waals surface area (Å²) in [4.78, 5) is 14.8. The minimum Gasteiger partial charge on any atom is -0.484 e. The molecule has 4 heteroatoms. The third-order valence-electron chi connectivity index (χ3n) is 2.44. The zero-order valence-electron chi connectivity index (χ0n) is 9.69. The highest BCUT2D eigenvalue weighted by atomic mass is 16.5. The second-order valence-electron chi connectivity index (χ2n) is 3.80. The fraction of sp³-hybridized carbons (Fsp3) is 0.143. The van der Waals surface area contributed by atoms with E-state index < -0.39 is 12.1 Å². The van der Waals surface area contributed by atoms with Gasteiger partial charge < -0.3 is 9.84 Å². The summed E-state index contributed by atoms with van der Waals surface area (Å²) < 4.78 is 5.67. The Balaban J connectivity index is 2.18. The molecule has 1 aromatic heterocycles. The SMILES string of the molecule is O=C(O)CC(Oc1cccnc1)c1ccccc1. The molecule has 0 saturated heterocycles. The van der Waals surface area contributed by atoms with E-state index in [2.05, 4.69) is 4.98 Å². The quantitative estimate of drug-likeness (QED) is 0.877. The number of pyridine rings is 1. The molecule has 0 fully saturated rings. The van der Waals surface area contributed by atoms with Gasteiger partial charge in [0, 0.05) is 6.20 Å². The van der Waals surface area contributed by atoms with Gasteiger partial charge in [-0.1, -0.05) is 30.3 Å². The van der Waals surface area contributed by atoms with Crippen molar-refractivity contribution in [2.45, 2.75) is 12.5 Å². The summed E-state index contributed by atoms with van der Waals surface area (Å²) in [6.07, 6.45) is 2.62. The second-order valence-corrected chi connectivity index (χ2v) is 3.80. The van der Waals surface area contributed by atoms with Crippen LogP contribution >= 0.6 is 0 Å². The van der Waals surface area contributed by atoms with E-state index in [1.807, 2.05) is 30.3 Å². The third-order valence-corrected chi connectivity index (χ3v) is 2.44. The molecule has 0 aliphatic heterocycles. The summed E-state index contributed by atoms with van der Waals surface area (Å²) in [6.45, 7) is 0. The number of aliphatic carboxylic acids is 1. The molecule has 0 amide bonds. The van der Waals surface area contributed by atoms with Crippen LogP contribution in [0.25, 0.3) is 0 Å². The van der Waals surface area contributed by atoms with Crippen LogP contribution in [0.5, 0.6) is 5.75 Å². The normalized spacial score (nSPS) is 11.8. The smallest absolute Gasteiger partial charge is 0.307 e. The molecule has 18 heavy (non-hydrogen) atoms. The van der Waals surface area contributed by atoms with Crippen molar-refractivity contribution in [3.05, 3.63) is 60.4 Å². The van der Waals surface area contributed by atoms with E-state index in [0.717, 1.165) is 5.56 Å². The second kappa shape index (κ2) is 5.82. The molecule has 1 heterocycles. The Labute approximate surface area is 105 Å². The van der Waals surface area contributed by atoms with Crippen LogP contribution in [0.3, 0.4) is 0 Å². The fourth-order valence-electron chi connectivity index (χ4n) is 1.63. The molecule has 1 unspecified atom stereocenters. The number of nitrogens with zero attached hydrogens (tertiary/aromatic N) is 1. The lowest BCUT2D eigenvalue weighted by molar-refractivity contribution is -0.138. The molecule has 0 aliphatic rings. The Bertz CT molecular complexity index is 499. The van der Waals surface area contributed by atoms with Crippen LogP contribution in [0.15, 0.2) is 54.9 Å². The van der Waals surface area contributed by atoms with Gasteiger partial charge in [0.25, 0.3) is 0 Å². The zero-order valence-corrected chi connectivity index (χ0v) is 9.69. The summed E-state index contributed by atoms with van der Waals surface area (Å²) in [7, 11) is 0. The highest BCUT2D eigenvalue weighted by molar-refractivity contribution is 5.67. The molecule has 1 atom stereocenters. The third kappa shape index (κ3) is 3.31. The highest BCUT2D eigenvalue weighted by Gasteiger charge is 2.17. The molecule has 0 saturated carbocycles. The van der Waals surface area contributed by atoms with E-state index in [-0.39, 0.29) is 6.42 Å². The lowest BCUT2D eigenvalue weighted by atomic mass is 10.1. The van der Waals surface area contributed by atoms with Crippen LogP contribution in [0, 0.1) is 0 Å². The Hall–Kier alpha value is -2.36. The first-order valence-electron chi connectivity index (χ1n) is 5.59. The van der Waals surface area contributed by atoms with E-state index in [0.29, 0.717) is 5.75 Å². The molecule has 0 spiro atoms. The molecular weight excluding hydrogens is 230 g/mol. The molecular formula is C14H13NO3. The summed E-state index contributed by atoms with van der Waals surface area (Å²) in [5.74, 6) is -0.333. The number of hydrogen-bond donors (Lipinski definition) is 1. The van der Waals surface area contributed by atoms with Crippen molar-refractivity contribution >= 4 is 5.97 Å². The first-order valence-corrected chi connectivity index (χ1v) is 5.59. The summed E-state index contributed by atoms with van der Waals surface area (Å²) in [6, 6.07) is 12.8. The molecule has 1 N–H and O–H groups in total. The largest absolute Gasteiger partial charge is 0.484 e. The molecule has 0 bridgehead atoms. The Morgan fingerprint density at radius 3 is 2.61 bits per heavy atom. The van der Waals surface area contributed by atoms with Crippen LogP contribution in [-0.4, -0.2) is 16.1 Å². The van der Waals surface area contributed by atoms with Crippen molar-refractivity contribution in [3.63, 3.8) is 0 Å². The minimum atomic E-state index is -0.896. The van der Waals surface area contributed by atoms with Crippen LogP contribution in [0.2, 0.25) is 0 Å². The lowest BCUT2D eigenvalue weighted by Gasteiger charge is -2.17. The summed E-state index contributed by atoms with van der Waals surface area (Å²) in [5.41, 5.74) is 0.837. The molecule has 1 aromatic carbocycles. The van der Waals surface area contributed by atoms with Crippen LogP contribution in [0.1, 0.15) is 18.1 Å². The van der Waals surface area contributed by atoms with E-state index in [1.54, 1.807) is 24.5 Å².